The van der Waals surface area contributed by atoms with Gasteiger partial charge in [-0.1, -0.05) is 24.3 Å². The zero-order valence-corrected chi connectivity index (χ0v) is 39.2. The third-order valence-corrected chi connectivity index (χ3v) is 13.7. The van der Waals surface area contributed by atoms with Crippen LogP contribution in [0.5, 0.6) is 23.0 Å². The molecule has 226 valence electrons. The van der Waals surface area contributed by atoms with Gasteiger partial charge in [-0.15, -0.1) is 0 Å². The fourth-order valence-electron chi connectivity index (χ4n) is 5.04. The van der Waals surface area contributed by atoms with Gasteiger partial charge >= 0.3 is 0 Å². The maximum atomic E-state index is 10.5. The molecule has 44 heavy (non-hydrogen) atoms. The molecule has 0 aliphatic carbocycles. The molecule has 0 radical (unpaired) electrons. The van der Waals surface area contributed by atoms with Crippen LogP contribution in [-0.4, -0.2) is 20.4 Å². The molecular weight excluding hydrogens is 1460 g/mol. The summed E-state index contributed by atoms with van der Waals surface area (Å²) in [5.74, 6) is 0.824. The smallest absolute Gasteiger partial charge is 0.142 e. The first kappa shape index (κ1) is 36.4. The van der Waals surface area contributed by atoms with E-state index in [0.29, 0.717) is 0 Å². The van der Waals surface area contributed by atoms with Crippen molar-refractivity contribution in [2.24, 2.45) is 0 Å². The number of phenolic OH excluding ortho intramolecular Hbond substituents is 4. The van der Waals surface area contributed by atoms with Gasteiger partial charge in [0.2, 0.25) is 0 Å². The third kappa shape index (κ3) is 7.79. The molecule has 0 unspecified atom stereocenters. The molecule has 0 aliphatic rings. The molecule has 5 aromatic carbocycles. The average molecular weight is 1480 g/mol. The maximum Gasteiger partial charge on any atom is 0.142 e. The number of hydrogen-bond donors (Lipinski definition) is 4. The minimum absolute atomic E-state index is 0.140. The van der Waals surface area contributed by atoms with Crippen LogP contribution in [0.1, 0.15) is 45.2 Å². The summed E-state index contributed by atoms with van der Waals surface area (Å²) in [5, 5.41) is 42.1. The summed E-state index contributed by atoms with van der Waals surface area (Å²) in [5.41, 5.74) is 6.33. The van der Waals surface area contributed by atoms with E-state index >= 15 is 0 Å². The standard InChI is InChI=1S/C32H18I8O4/c33-19-5-15(6-20(34)29(19)41)27(16-7-21(35)30(42)22(36)8-16)13-1-2-14(4-3-13)28(17-9-23(37)31(43)24(38)10-17)18-11-25(39)32(44)26(40)12-18/h1-12,27-28,41-44H. The monoisotopic (exact) mass is 1480 g/mol. The van der Waals surface area contributed by atoms with E-state index in [0.717, 1.165) is 61.9 Å². The Morgan fingerprint density at radius 1 is 0.295 bits per heavy atom. The van der Waals surface area contributed by atoms with Crippen LogP contribution in [0.15, 0.2) is 72.8 Å². The van der Waals surface area contributed by atoms with Crippen molar-refractivity contribution in [2.45, 2.75) is 11.8 Å². The Labute approximate surface area is 364 Å². The molecule has 5 rings (SSSR count). The minimum Gasteiger partial charge on any atom is -0.506 e. The van der Waals surface area contributed by atoms with E-state index in [1.807, 2.05) is 48.5 Å². The second-order valence-corrected chi connectivity index (χ2v) is 19.2. The predicted octanol–water partition coefficient (Wildman–Crippen LogP) is 11.7. The lowest BCUT2D eigenvalue weighted by Crippen LogP contribution is -2.08. The van der Waals surface area contributed by atoms with Gasteiger partial charge in [-0.3, -0.25) is 0 Å². The van der Waals surface area contributed by atoms with E-state index in [1.54, 1.807) is 0 Å². The lowest BCUT2D eigenvalue weighted by molar-refractivity contribution is 0.466. The molecule has 0 saturated carbocycles. The summed E-state index contributed by atoms with van der Waals surface area (Å²) in [4.78, 5) is 0. The Kier molecular flexibility index (Phi) is 12.7. The molecule has 0 fully saturated rings. The van der Waals surface area contributed by atoms with Crippen LogP contribution in [0.2, 0.25) is 0 Å². The third-order valence-electron chi connectivity index (χ3n) is 7.09. The molecule has 4 N–H and O–H groups in total. The second kappa shape index (κ2) is 15.4. The van der Waals surface area contributed by atoms with Gasteiger partial charge < -0.3 is 20.4 Å². The molecule has 0 aromatic heterocycles. The van der Waals surface area contributed by atoms with E-state index in [-0.39, 0.29) is 34.8 Å². The average Bonchev–Trinajstić information content (AvgIpc) is 2.97. The van der Waals surface area contributed by atoms with E-state index in [2.05, 4.69) is 205 Å². The highest BCUT2D eigenvalue weighted by molar-refractivity contribution is 14.1. The summed E-state index contributed by atoms with van der Waals surface area (Å²) in [7, 11) is 0. The quantitative estimate of drug-likeness (QED) is 0.101. The van der Waals surface area contributed by atoms with Crippen LogP contribution < -0.4 is 0 Å². The highest BCUT2D eigenvalue weighted by Gasteiger charge is 2.25. The van der Waals surface area contributed by atoms with Gasteiger partial charge in [0.05, 0.1) is 28.6 Å². The Hall–Kier alpha value is 1.14. The Morgan fingerprint density at radius 3 is 0.614 bits per heavy atom. The lowest BCUT2D eigenvalue weighted by atomic mass is 9.81. The highest BCUT2D eigenvalue weighted by Crippen LogP contribution is 2.43. The number of benzene rings is 5. The van der Waals surface area contributed by atoms with Crippen molar-refractivity contribution in [1.29, 1.82) is 0 Å². The highest BCUT2D eigenvalue weighted by atomic mass is 127. The molecule has 12 heteroatoms. The van der Waals surface area contributed by atoms with Gasteiger partial charge in [-0.05, 0) is 263 Å². The molecule has 0 aliphatic heterocycles. The number of aromatic hydroxyl groups is 4. The number of rotatable bonds is 6. The topological polar surface area (TPSA) is 80.9 Å². The van der Waals surface area contributed by atoms with Crippen LogP contribution in [-0.2, 0) is 0 Å². The fourth-order valence-corrected chi connectivity index (χ4v) is 12.3. The van der Waals surface area contributed by atoms with Gasteiger partial charge in [0.25, 0.3) is 0 Å². The summed E-state index contributed by atoms with van der Waals surface area (Å²) < 4.78 is 6.24. The zero-order chi connectivity index (χ0) is 32.0. The predicted molar refractivity (Wildman–Crippen MR) is 242 cm³/mol. The fraction of sp³-hybridized carbons (Fsp3) is 0.0625. The van der Waals surface area contributed by atoms with Crippen molar-refractivity contribution in [1.82, 2.24) is 0 Å². The van der Waals surface area contributed by atoms with E-state index in [4.69, 9.17) is 0 Å². The summed E-state index contributed by atoms with van der Waals surface area (Å²) in [6.07, 6.45) is 0. The van der Waals surface area contributed by atoms with Crippen molar-refractivity contribution in [3.05, 3.63) is 135 Å². The van der Waals surface area contributed by atoms with Crippen LogP contribution in [0.3, 0.4) is 0 Å². The summed E-state index contributed by atoms with van der Waals surface area (Å²) in [6, 6.07) is 24.8. The van der Waals surface area contributed by atoms with Crippen LogP contribution in [0, 0.1) is 28.6 Å². The van der Waals surface area contributed by atoms with Crippen molar-refractivity contribution < 1.29 is 20.4 Å². The first-order chi connectivity index (χ1) is 20.8. The Morgan fingerprint density at radius 2 is 0.455 bits per heavy atom. The first-order valence-electron chi connectivity index (χ1n) is 12.6. The second-order valence-electron chi connectivity index (χ2n) is 9.87. The molecule has 0 spiro atoms. The van der Waals surface area contributed by atoms with Gasteiger partial charge in [-0.25, -0.2) is 0 Å². The van der Waals surface area contributed by atoms with E-state index in [1.165, 1.54) is 0 Å². The van der Waals surface area contributed by atoms with E-state index < -0.39 is 0 Å². The van der Waals surface area contributed by atoms with Crippen LogP contribution in [0.4, 0.5) is 0 Å². The summed E-state index contributed by atoms with van der Waals surface area (Å²) in [6.45, 7) is 0. The molecule has 0 bridgehead atoms. The number of halogens is 8. The molecule has 0 saturated heterocycles. The molecule has 4 nitrogen and oxygen atoms in total. The SMILES string of the molecule is Oc1c(I)cc(C(c2ccc(C(c3cc(I)c(O)c(I)c3)c3cc(I)c(O)c(I)c3)cc2)c2cc(I)c(O)c(I)c2)cc1I. The Balaban J connectivity index is 1.70. The normalized spacial score (nSPS) is 11.5. The lowest BCUT2D eigenvalue weighted by Gasteiger charge is -2.24. The van der Waals surface area contributed by atoms with Crippen molar-refractivity contribution in [3.8, 4) is 23.0 Å². The van der Waals surface area contributed by atoms with Gasteiger partial charge in [-0.2, -0.15) is 0 Å². The largest absolute Gasteiger partial charge is 0.506 e. The zero-order valence-electron chi connectivity index (χ0n) is 21.9. The molecule has 0 heterocycles. The van der Waals surface area contributed by atoms with Gasteiger partial charge in [0.15, 0.2) is 0 Å². The number of hydrogen-bond acceptors (Lipinski definition) is 4. The van der Waals surface area contributed by atoms with Crippen LogP contribution >= 0.6 is 181 Å². The van der Waals surface area contributed by atoms with Gasteiger partial charge in [0.1, 0.15) is 23.0 Å². The minimum atomic E-state index is -0.140. The van der Waals surface area contributed by atoms with Crippen molar-refractivity contribution >= 4 is 181 Å². The van der Waals surface area contributed by atoms with Crippen molar-refractivity contribution in [2.75, 3.05) is 0 Å². The van der Waals surface area contributed by atoms with Gasteiger partial charge in [0, 0.05) is 11.8 Å². The molecule has 5 aromatic rings. The molecular formula is C32H18I8O4. The van der Waals surface area contributed by atoms with E-state index in [9.17, 15) is 20.4 Å². The summed E-state index contributed by atoms with van der Waals surface area (Å²) >= 11 is 17.4. The van der Waals surface area contributed by atoms with Crippen molar-refractivity contribution in [3.63, 3.8) is 0 Å². The molecule has 0 amide bonds. The maximum absolute atomic E-state index is 10.5. The Bertz CT molecular complexity index is 1570. The first-order valence-corrected chi connectivity index (χ1v) is 21.2. The molecule has 0 atom stereocenters. The number of phenols is 4. The van der Waals surface area contributed by atoms with Crippen LogP contribution in [0.25, 0.3) is 0 Å².